The Morgan fingerprint density at radius 2 is 2.23 bits per heavy atom. The van der Waals surface area contributed by atoms with Crippen LogP contribution in [0.25, 0.3) is 0 Å². The van der Waals surface area contributed by atoms with E-state index in [9.17, 15) is 0 Å². The van der Waals surface area contributed by atoms with E-state index in [2.05, 4.69) is 6.92 Å². The Hall–Kier alpha value is -0.520. The van der Waals surface area contributed by atoms with Gasteiger partial charge in [-0.15, -0.1) is 0 Å². The van der Waals surface area contributed by atoms with E-state index in [1.165, 1.54) is 0 Å². The second-order valence-electron chi connectivity index (χ2n) is 2.94. The molecular weight excluding hydrogens is 279 g/mol. The lowest BCUT2D eigenvalue weighted by Gasteiger charge is -2.08. The van der Waals surface area contributed by atoms with Gasteiger partial charge in [-0.05, 0) is 19.1 Å². The van der Waals surface area contributed by atoms with Gasteiger partial charge in [-0.1, -0.05) is 0 Å². The van der Waals surface area contributed by atoms with Crippen LogP contribution in [-0.2, 0) is 0 Å². The van der Waals surface area contributed by atoms with Crippen LogP contribution in [0.15, 0.2) is 22.8 Å². The van der Waals surface area contributed by atoms with Crippen molar-refractivity contribution in [2.24, 2.45) is 5.73 Å². The highest BCUT2D eigenvalue weighted by atomic mass is 127. The van der Waals surface area contributed by atoms with E-state index in [0.29, 0.717) is 0 Å². The van der Waals surface area contributed by atoms with Crippen molar-refractivity contribution in [3.05, 3.63) is 24.2 Å². The van der Waals surface area contributed by atoms with Crippen molar-refractivity contribution in [2.75, 3.05) is 7.05 Å². The second kappa shape index (κ2) is 5.26. The summed E-state index contributed by atoms with van der Waals surface area (Å²) in [5, 5.41) is 0. The third kappa shape index (κ3) is 3.02. The standard InChI is InChI=1S/C9H14N2O.HI/c1-7(11(3)8(2)10)9-5-4-6-12-9;/h4-7,10H,1-3H3;1H. The summed E-state index contributed by atoms with van der Waals surface area (Å²) < 4.78 is 7.23. The first-order valence-corrected chi connectivity index (χ1v) is 3.98. The number of furan rings is 1. The molecule has 74 valence electrons. The minimum Gasteiger partial charge on any atom is -1.00 e. The third-order valence-corrected chi connectivity index (χ3v) is 2.09. The first-order chi connectivity index (χ1) is 5.63. The zero-order valence-corrected chi connectivity index (χ0v) is 10.3. The lowest BCUT2D eigenvalue weighted by molar-refractivity contribution is -0.544. The third-order valence-electron chi connectivity index (χ3n) is 2.09. The molecular formula is C9H15IN2O. The van der Waals surface area contributed by atoms with Crippen molar-refractivity contribution in [3.63, 3.8) is 0 Å². The topological polar surface area (TPSA) is 42.2 Å². The quantitative estimate of drug-likeness (QED) is 0.308. The van der Waals surface area contributed by atoms with Crippen molar-refractivity contribution < 1.29 is 33.0 Å². The molecule has 1 aromatic heterocycles. The molecule has 3 nitrogen and oxygen atoms in total. The van der Waals surface area contributed by atoms with Crippen LogP contribution < -0.4 is 29.7 Å². The van der Waals surface area contributed by atoms with Crippen LogP contribution in [0.3, 0.4) is 0 Å². The minimum absolute atomic E-state index is 0. The lowest BCUT2D eigenvalue weighted by atomic mass is 10.2. The molecule has 0 aromatic carbocycles. The summed E-state index contributed by atoms with van der Waals surface area (Å²) in [5.74, 6) is 1.72. The van der Waals surface area contributed by atoms with Gasteiger partial charge in [-0.3, -0.25) is 10.3 Å². The SMILES string of the molecule is CC(N)=[N+](C)C(C)c1ccco1.[I-]. The number of nitrogens with zero attached hydrogens (tertiary/aromatic N) is 1. The molecule has 0 aliphatic carbocycles. The average molecular weight is 294 g/mol. The van der Waals surface area contributed by atoms with Crippen molar-refractivity contribution in [3.8, 4) is 0 Å². The summed E-state index contributed by atoms with van der Waals surface area (Å²) >= 11 is 0. The van der Waals surface area contributed by atoms with Crippen LogP contribution in [0, 0.1) is 0 Å². The van der Waals surface area contributed by atoms with Crippen LogP contribution in [0.4, 0.5) is 0 Å². The molecule has 0 radical (unpaired) electrons. The summed E-state index contributed by atoms with van der Waals surface area (Å²) in [6, 6.07) is 4.03. The Kier molecular flexibility index (Phi) is 5.05. The van der Waals surface area contributed by atoms with E-state index < -0.39 is 0 Å². The summed E-state index contributed by atoms with van der Waals surface area (Å²) in [6.45, 7) is 3.93. The van der Waals surface area contributed by atoms with Crippen LogP contribution in [0.1, 0.15) is 25.6 Å². The zero-order valence-electron chi connectivity index (χ0n) is 8.12. The maximum absolute atomic E-state index is 5.64. The highest BCUT2D eigenvalue weighted by molar-refractivity contribution is 5.72. The Bertz CT molecular complexity index is 276. The molecule has 0 amide bonds. The molecule has 1 aromatic rings. The highest BCUT2D eigenvalue weighted by Crippen LogP contribution is 2.15. The smallest absolute Gasteiger partial charge is 0.239 e. The van der Waals surface area contributed by atoms with Gasteiger partial charge in [0.1, 0.15) is 5.76 Å². The largest absolute Gasteiger partial charge is 1.00 e. The number of amidine groups is 1. The molecule has 4 heteroatoms. The molecule has 13 heavy (non-hydrogen) atoms. The molecule has 1 rings (SSSR count). The van der Waals surface area contributed by atoms with Gasteiger partial charge in [0.05, 0.1) is 13.3 Å². The predicted molar refractivity (Wildman–Crippen MR) is 48.2 cm³/mol. The van der Waals surface area contributed by atoms with Gasteiger partial charge in [0.2, 0.25) is 5.84 Å². The molecule has 0 saturated carbocycles. The fourth-order valence-electron chi connectivity index (χ4n) is 1.03. The van der Waals surface area contributed by atoms with Crippen molar-refractivity contribution in [1.82, 2.24) is 0 Å². The number of nitrogens with two attached hydrogens (primary N) is 1. The Balaban J connectivity index is 0.00000144. The summed E-state index contributed by atoms with van der Waals surface area (Å²) in [5.41, 5.74) is 5.64. The van der Waals surface area contributed by atoms with Crippen molar-refractivity contribution >= 4 is 5.84 Å². The molecule has 0 fully saturated rings. The summed E-state index contributed by atoms with van der Waals surface area (Å²) in [4.78, 5) is 0. The molecule has 1 heterocycles. The average Bonchev–Trinajstić information content (AvgIpc) is 2.53. The molecule has 0 aliphatic heterocycles. The van der Waals surface area contributed by atoms with Crippen molar-refractivity contribution in [2.45, 2.75) is 19.9 Å². The molecule has 0 spiro atoms. The number of rotatable bonds is 2. The van der Waals surface area contributed by atoms with Crippen LogP contribution >= 0.6 is 0 Å². The lowest BCUT2D eigenvalue weighted by Crippen LogP contribution is -3.00. The number of halogens is 1. The van der Waals surface area contributed by atoms with Gasteiger partial charge in [-0.2, -0.15) is 0 Å². The van der Waals surface area contributed by atoms with E-state index in [1.54, 1.807) is 6.26 Å². The molecule has 0 saturated heterocycles. The second-order valence-corrected chi connectivity index (χ2v) is 2.94. The number of hydrogen-bond donors (Lipinski definition) is 1. The number of hydrogen-bond acceptors (Lipinski definition) is 1. The normalized spacial score (nSPS) is 14.4. The first-order valence-electron chi connectivity index (χ1n) is 3.98. The Morgan fingerprint density at radius 3 is 2.62 bits per heavy atom. The van der Waals surface area contributed by atoms with E-state index in [0.717, 1.165) is 11.6 Å². The van der Waals surface area contributed by atoms with E-state index >= 15 is 0 Å². The molecule has 0 bridgehead atoms. The van der Waals surface area contributed by atoms with Gasteiger partial charge >= 0.3 is 0 Å². The van der Waals surface area contributed by atoms with Gasteiger partial charge in [0.15, 0.2) is 6.04 Å². The fourth-order valence-corrected chi connectivity index (χ4v) is 1.03. The summed E-state index contributed by atoms with van der Waals surface area (Å²) in [6.07, 6.45) is 1.67. The monoisotopic (exact) mass is 294 g/mol. The van der Waals surface area contributed by atoms with Crippen molar-refractivity contribution in [1.29, 1.82) is 0 Å². The molecule has 0 aliphatic rings. The van der Waals surface area contributed by atoms with E-state index in [1.807, 2.05) is 30.7 Å². The van der Waals surface area contributed by atoms with Crippen LogP contribution in [-0.4, -0.2) is 17.5 Å². The maximum atomic E-state index is 5.64. The van der Waals surface area contributed by atoms with Gasteiger partial charge in [0, 0.05) is 6.92 Å². The summed E-state index contributed by atoms with van der Waals surface area (Å²) in [7, 11) is 1.95. The zero-order chi connectivity index (χ0) is 9.14. The predicted octanol–water partition coefficient (Wildman–Crippen LogP) is -1.64. The van der Waals surface area contributed by atoms with Gasteiger partial charge < -0.3 is 28.4 Å². The Labute approximate surface area is 95.6 Å². The minimum atomic E-state index is 0. The Morgan fingerprint density at radius 1 is 1.62 bits per heavy atom. The van der Waals surface area contributed by atoms with Gasteiger partial charge in [0.25, 0.3) is 0 Å². The molecule has 1 unspecified atom stereocenters. The van der Waals surface area contributed by atoms with Crippen LogP contribution in [0.2, 0.25) is 0 Å². The fraction of sp³-hybridized carbons (Fsp3) is 0.444. The highest BCUT2D eigenvalue weighted by Gasteiger charge is 2.14. The maximum Gasteiger partial charge on any atom is 0.239 e. The van der Waals surface area contributed by atoms with Gasteiger partial charge in [-0.25, -0.2) is 0 Å². The molecule has 1 atom stereocenters. The van der Waals surface area contributed by atoms with E-state index in [4.69, 9.17) is 10.2 Å². The van der Waals surface area contributed by atoms with E-state index in [-0.39, 0.29) is 30.0 Å². The van der Waals surface area contributed by atoms with Crippen LogP contribution in [0.5, 0.6) is 0 Å². The molecule has 2 N–H and O–H groups in total. The first kappa shape index (κ1) is 12.5.